The number of hydrogen-bond donors (Lipinski definition) is 0. The Morgan fingerprint density at radius 1 is 0.929 bits per heavy atom. The molecule has 0 heterocycles. The van der Waals surface area contributed by atoms with Gasteiger partial charge in [0.2, 0.25) is 0 Å². The van der Waals surface area contributed by atoms with E-state index in [0.717, 1.165) is 0 Å². The Kier molecular flexibility index (Phi) is 6.79. The molecule has 0 aromatic carbocycles. The molecule has 0 saturated carbocycles. The van der Waals surface area contributed by atoms with Gasteiger partial charge >= 0.3 is 0 Å². The third-order valence-corrected chi connectivity index (χ3v) is 1.44. The highest BCUT2D eigenvalue weighted by atomic mass is 15.7. The van der Waals surface area contributed by atoms with E-state index in [0.29, 0.717) is 25.9 Å². The van der Waals surface area contributed by atoms with Crippen LogP contribution in [-0.2, 0) is 0 Å². The number of nitrogens with zero attached hydrogens (tertiary/aromatic N) is 6. The summed E-state index contributed by atoms with van der Waals surface area (Å²) in [6.45, 7) is 1.12. The number of nitriles is 2. The molecule has 0 fully saturated rings. The van der Waals surface area contributed by atoms with Gasteiger partial charge in [0.15, 0.2) is 0 Å². The lowest BCUT2D eigenvalue weighted by molar-refractivity contribution is 0.255. The van der Waals surface area contributed by atoms with Crippen molar-refractivity contribution in [1.29, 1.82) is 10.5 Å². The first kappa shape index (κ1) is 12.2. The molecule has 0 amide bonds. The Labute approximate surface area is 84.0 Å². The molecule has 0 aromatic rings. The van der Waals surface area contributed by atoms with E-state index >= 15 is 0 Å². The van der Waals surface area contributed by atoms with Crippen LogP contribution in [-0.4, -0.2) is 37.2 Å². The summed E-state index contributed by atoms with van der Waals surface area (Å²) in [5.41, 5.74) is 0. The van der Waals surface area contributed by atoms with Crippen LogP contribution in [0.5, 0.6) is 0 Å². The molecule has 0 unspecified atom stereocenters. The fraction of sp³-hybridized carbons (Fsp3) is 0.750. The fourth-order valence-electron chi connectivity index (χ4n) is 0.650. The summed E-state index contributed by atoms with van der Waals surface area (Å²) >= 11 is 0. The van der Waals surface area contributed by atoms with E-state index in [1.165, 1.54) is 0 Å². The Balaban J connectivity index is 3.69. The van der Waals surface area contributed by atoms with E-state index < -0.39 is 0 Å². The topological polar surface area (TPSA) is 78.8 Å². The molecule has 76 valence electrons. The normalized spacial score (nSPS) is 9.43. The molecule has 0 aliphatic rings. The predicted molar refractivity (Wildman–Crippen MR) is 50.6 cm³/mol. The molecule has 0 atom stereocenters. The van der Waals surface area contributed by atoms with E-state index in [9.17, 15) is 0 Å². The lowest BCUT2D eigenvalue weighted by Crippen LogP contribution is -2.16. The fourth-order valence-corrected chi connectivity index (χ4v) is 0.650. The minimum atomic E-state index is 0.428. The molecule has 0 spiro atoms. The Morgan fingerprint density at radius 2 is 1.29 bits per heavy atom. The van der Waals surface area contributed by atoms with Crippen LogP contribution in [0.3, 0.4) is 0 Å². The highest BCUT2D eigenvalue weighted by molar-refractivity contribution is 4.70. The Hall–Kier alpha value is -1.82. The number of rotatable bonds is 6. The van der Waals surface area contributed by atoms with Crippen LogP contribution >= 0.6 is 0 Å². The van der Waals surface area contributed by atoms with Crippen molar-refractivity contribution in [3.8, 4) is 12.1 Å². The third kappa shape index (κ3) is 6.86. The van der Waals surface area contributed by atoms with Gasteiger partial charge in [-0.25, -0.2) is 0 Å². The quantitative estimate of drug-likeness (QED) is 0.466. The second-order valence-electron chi connectivity index (χ2n) is 2.76. The number of hydrogen-bond acceptors (Lipinski definition) is 4. The summed E-state index contributed by atoms with van der Waals surface area (Å²) in [7, 11) is 3.50. The summed E-state index contributed by atoms with van der Waals surface area (Å²) in [5, 5.41) is 27.5. The van der Waals surface area contributed by atoms with E-state index in [2.05, 4.69) is 10.4 Å². The molecule has 6 nitrogen and oxygen atoms in total. The summed E-state index contributed by atoms with van der Waals surface area (Å²) in [4.78, 5) is 0. The molecule has 0 aliphatic carbocycles. The largest absolute Gasteiger partial charge is 0.279 e. The first-order valence-corrected chi connectivity index (χ1v) is 4.28. The summed E-state index contributed by atoms with van der Waals surface area (Å²) in [6, 6.07) is 4.04. The second-order valence-corrected chi connectivity index (χ2v) is 2.76. The molecule has 0 aromatic heterocycles. The molecular formula is C8H14N6. The van der Waals surface area contributed by atoms with Crippen molar-refractivity contribution in [2.24, 2.45) is 10.4 Å². The van der Waals surface area contributed by atoms with Crippen LogP contribution in [0.4, 0.5) is 0 Å². The van der Waals surface area contributed by atoms with E-state index in [-0.39, 0.29) is 0 Å². The van der Waals surface area contributed by atoms with Crippen molar-refractivity contribution < 1.29 is 0 Å². The first-order chi connectivity index (χ1) is 6.70. The van der Waals surface area contributed by atoms with Crippen molar-refractivity contribution in [3.63, 3.8) is 0 Å². The molecule has 0 radical (unpaired) electrons. The van der Waals surface area contributed by atoms with Crippen molar-refractivity contribution in [2.45, 2.75) is 12.8 Å². The molecule has 0 bridgehead atoms. The molecule has 0 rings (SSSR count). The maximum atomic E-state index is 8.31. The van der Waals surface area contributed by atoms with Crippen LogP contribution in [0, 0.1) is 22.7 Å². The molecule has 0 N–H and O–H groups in total. The molecule has 6 heteroatoms. The van der Waals surface area contributed by atoms with Gasteiger partial charge in [-0.2, -0.15) is 10.5 Å². The van der Waals surface area contributed by atoms with Gasteiger partial charge in [0.1, 0.15) is 0 Å². The Morgan fingerprint density at radius 3 is 1.57 bits per heavy atom. The zero-order valence-electron chi connectivity index (χ0n) is 8.51. The van der Waals surface area contributed by atoms with Gasteiger partial charge in [0, 0.05) is 14.1 Å². The molecular weight excluding hydrogens is 180 g/mol. The molecule has 0 saturated heterocycles. The van der Waals surface area contributed by atoms with E-state index in [4.69, 9.17) is 10.5 Å². The zero-order chi connectivity index (χ0) is 10.8. The van der Waals surface area contributed by atoms with Crippen molar-refractivity contribution in [2.75, 3.05) is 27.2 Å². The van der Waals surface area contributed by atoms with Gasteiger partial charge in [-0.3, -0.25) is 10.0 Å². The SMILES string of the molecule is CN(CCC#N)/N=N/N(C)CCC#N. The van der Waals surface area contributed by atoms with Crippen molar-refractivity contribution >= 4 is 0 Å². The van der Waals surface area contributed by atoms with Crippen LogP contribution in [0.25, 0.3) is 0 Å². The van der Waals surface area contributed by atoms with E-state index in [1.807, 2.05) is 12.1 Å². The van der Waals surface area contributed by atoms with Gasteiger partial charge < -0.3 is 0 Å². The summed E-state index contributed by atoms with van der Waals surface area (Å²) in [5.74, 6) is 0. The zero-order valence-corrected chi connectivity index (χ0v) is 8.51. The average Bonchev–Trinajstić information content (AvgIpc) is 2.20. The van der Waals surface area contributed by atoms with Gasteiger partial charge in [-0.15, -0.1) is 0 Å². The maximum absolute atomic E-state index is 8.31. The molecule has 0 aliphatic heterocycles. The summed E-state index contributed by atoms with van der Waals surface area (Å²) < 4.78 is 0. The minimum absolute atomic E-state index is 0.428. The minimum Gasteiger partial charge on any atom is -0.279 e. The first-order valence-electron chi connectivity index (χ1n) is 4.28. The maximum Gasteiger partial charge on any atom is 0.0641 e. The Bertz CT molecular complexity index is 222. The van der Waals surface area contributed by atoms with Gasteiger partial charge in [-0.05, 0) is 0 Å². The smallest absolute Gasteiger partial charge is 0.0641 e. The van der Waals surface area contributed by atoms with Crippen LogP contribution < -0.4 is 0 Å². The van der Waals surface area contributed by atoms with Crippen molar-refractivity contribution in [3.05, 3.63) is 0 Å². The van der Waals surface area contributed by atoms with Crippen LogP contribution in [0.2, 0.25) is 0 Å². The van der Waals surface area contributed by atoms with E-state index in [1.54, 1.807) is 24.1 Å². The third-order valence-electron chi connectivity index (χ3n) is 1.44. The van der Waals surface area contributed by atoms with Crippen LogP contribution in [0.15, 0.2) is 10.4 Å². The lowest BCUT2D eigenvalue weighted by Gasteiger charge is -2.12. The van der Waals surface area contributed by atoms with Gasteiger partial charge in [0.25, 0.3) is 0 Å². The average molecular weight is 194 g/mol. The van der Waals surface area contributed by atoms with Gasteiger partial charge in [0.05, 0.1) is 38.1 Å². The highest BCUT2D eigenvalue weighted by Crippen LogP contribution is 1.92. The standard InChI is InChI=1S/C8H14N6/c1-13(7-3-5-9)11-12-14(2)8-4-6-10/h3-4,7-8H2,1-2H3/b12-11+. The lowest BCUT2D eigenvalue weighted by atomic mass is 10.5. The summed E-state index contributed by atoms with van der Waals surface area (Å²) in [6.07, 6.45) is 0.856. The second kappa shape index (κ2) is 7.81. The molecule has 14 heavy (non-hydrogen) atoms. The monoisotopic (exact) mass is 194 g/mol. The highest BCUT2D eigenvalue weighted by Gasteiger charge is 1.94. The van der Waals surface area contributed by atoms with Gasteiger partial charge in [-0.1, -0.05) is 10.4 Å². The van der Waals surface area contributed by atoms with Crippen LogP contribution in [0.1, 0.15) is 12.8 Å². The van der Waals surface area contributed by atoms with Crippen molar-refractivity contribution in [1.82, 2.24) is 10.0 Å². The predicted octanol–water partition coefficient (Wildman–Crippen LogP) is 0.960.